The Morgan fingerprint density at radius 1 is 1.06 bits per heavy atom. The second kappa shape index (κ2) is 9.11. The summed E-state index contributed by atoms with van der Waals surface area (Å²) >= 11 is 0. The number of carbonyl (C=O) groups excluding carboxylic acids is 2. The minimum Gasteiger partial charge on any atom is -0.372 e. The molecule has 0 aromatic rings. The fourth-order valence-corrected chi connectivity index (χ4v) is 4.91. The zero-order valence-electron chi connectivity index (χ0n) is 19.6. The number of guanidine groups is 1. The Labute approximate surface area is 189 Å². The van der Waals surface area contributed by atoms with Crippen molar-refractivity contribution in [3.63, 3.8) is 0 Å². The van der Waals surface area contributed by atoms with E-state index in [0.29, 0.717) is 44.4 Å². The highest BCUT2D eigenvalue weighted by Crippen LogP contribution is 2.54. The third-order valence-electron chi connectivity index (χ3n) is 6.36. The molecule has 1 amide bonds. The quantitative estimate of drug-likeness (QED) is 0.472. The van der Waals surface area contributed by atoms with Gasteiger partial charge in [-0.25, -0.2) is 4.79 Å². The largest absolute Gasteiger partial charge is 0.372 e. The van der Waals surface area contributed by atoms with Crippen LogP contribution in [0.5, 0.6) is 0 Å². The summed E-state index contributed by atoms with van der Waals surface area (Å²) in [6, 6.07) is 0. The summed E-state index contributed by atoms with van der Waals surface area (Å²) in [6.45, 7) is 10.6. The van der Waals surface area contributed by atoms with Gasteiger partial charge in [0.05, 0.1) is 13.0 Å². The van der Waals surface area contributed by atoms with Crippen LogP contribution in [0.4, 0.5) is 0 Å². The van der Waals surface area contributed by atoms with Crippen LogP contribution in [0.3, 0.4) is 0 Å². The summed E-state index contributed by atoms with van der Waals surface area (Å²) in [6.07, 6.45) is 4.00. The lowest BCUT2D eigenvalue weighted by molar-refractivity contribution is -0.200. The van der Waals surface area contributed by atoms with Crippen molar-refractivity contribution in [2.45, 2.75) is 83.1 Å². The molecule has 32 heavy (non-hydrogen) atoms. The first-order valence-electron chi connectivity index (χ1n) is 12.0. The highest BCUT2D eigenvalue weighted by Gasteiger charge is 2.73. The maximum atomic E-state index is 13.9. The standard InChI is InChI=1S/C23H35N3O6/c1-5-9-24-21-25(10-6-2)20(28)16-13-22(15-31-22)18(29-11-7-3)19(30-12-8-4)23(16)14-17(27)32-26(21)23/h13,18-19H,5-12,14-15H2,1-4H3/t18-,19+,22+,23+/m0/s1. The van der Waals surface area contributed by atoms with Crippen molar-refractivity contribution in [2.24, 2.45) is 4.99 Å². The highest BCUT2D eigenvalue weighted by atomic mass is 16.7. The van der Waals surface area contributed by atoms with Gasteiger partial charge in [0.25, 0.3) is 5.91 Å². The molecular formula is C23H35N3O6. The predicted octanol–water partition coefficient (Wildman–Crippen LogP) is 2.21. The minimum absolute atomic E-state index is 0.00608. The van der Waals surface area contributed by atoms with Gasteiger partial charge in [-0.15, -0.1) is 0 Å². The second-order valence-corrected chi connectivity index (χ2v) is 8.88. The lowest BCUT2D eigenvalue weighted by Gasteiger charge is -2.53. The molecule has 0 aromatic heterocycles. The molecule has 9 nitrogen and oxygen atoms in total. The molecule has 0 unspecified atom stereocenters. The Morgan fingerprint density at radius 2 is 1.75 bits per heavy atom. The molecule has 0 N–H and O–H groups in total. The number of aliphatic imine (C=N–C) groups is 1. The fourth-order valence-electron chi connectivity index (χ4n) is 4.91. The summed E-state index contributed by atoms with van der Waals surface area (Å²) in [7, 11) is 0. The summed E-state index contributed by atoms with van der Waals surface area (Å²) in [5, 5.41) is 1.55. The van der Waals surface area contributed by atoms with Gasteiger partial charge in [-0.2, -0.15) is 5.06 Å². The molecule has 0 radical (unpaired) electrons. The molecule has 3 fully saturated rings. The van der Waals surface area contributed by atoms with E-state index < -0.39 is 29.3 Å². The summed E-state index contributed by atoms with van der Waals surface area (Å²) in [5.41, 5.74) is -1.34. The van der Waals surface area contributed by atoms with Gasteiger partial charge in [-0.3, -0.25) is 14.7 Å². The molecule has 3 heterocycles. The third kappa shape index (κ3) is 3.54. The number of amides is 1. The lowest BCUT2D eigenvalue weighted by atomic mass is 9.69. The van der Waals surface area contributed by atoms with Crippen molar-refractivity contribution >= 4 is 17.8 Å². The van der Waals surface area contributed by atoms with E-state index in [2.05, 4.69) is 4.99 Å². The molecule has 178 valence electrons. The van der Waals surface area contributed by atoms with E-state index in [-0.39, 0.29) is 12.3 Å². The number of hydrogen-bond acceptors (Lipinski definition) is 7. The molecule has 0 bridgehead atoms. The molecule has 9 heteroatoms. The number of hydrogen-bond donors (Lipinski definition) is 0. The Morgan fingerprint density at radius 3 is 2.34 bits per heavy atom. The van der Waals surface area contributed by atoms with Crippen molar-refractivity contribution in [2.75, 3.05) is 32.9 Å². The number of rotatable bonds is 10. The van der Waals surface area contributed by atoms with E-state index in [1.165, 1.54) is 0 Å². The fraction of sp³-hybridized carbons (Fsp3) is 0.783. The Bertz CT molecular complexity index is 808. The summed E-state index contributed by atoms with van der Waals surface area (Å²) in [4.78, 5) is 38.7. The average Bonchev–Trinajstić information content (AvgIpc) is 3.47. The summed E-state index contributed by atoms with van der Waals surface area (Å²) in [5.74, 6) is -0.183. The lowest BCUT2D eigenvalue weighted by Crippen LogP contribution is -2.73. The van der Waals surface area contributed by atoms with Gasteiger partial charge in [0.15, 0.2) is 5.54 Å². The maximum Gasteiger partial charge on any atom is 0.335 e. The van der Waals surface area contributed by atoms with Crippen LogP contribution in [0, 0.1) is 0 Å². The molecule has 2 spiro atoms. The Hall–Kier alpha value is -1.97. The third-order valence-corrected chi connectivity index (χ3v) is 6.36. The van der Waals surface area contributed by atoms with Crippen LogP contribution >= 0.6 is 0 Å². The van der Waals surface area contributed by atoms with Gasteiger partial charge in [0.2, 0.25) is 5.96 Å². The number of carbonyl (C=O) groups is 2. The highest BCUT2D eigenvalue weighted by molar-refractivity contribution is 6.12. The topological polar surface area (TPSA) is 93.2 Å². The number of epoxide rings is 1. The van der Waals surface area contributed by atoms with E-state index in [0.717, 1.165) is 25.7 Å². The second-order valence-electron chi connectivity index (χ2n) is 8.88. The molecule has 0 aromatic carbocycles. The van der Waals surface area contributed by atoms with Gasteiger partial charge in [-0.05, 0) is 31.8 Å². The van der Waals surface area contributed by atoms with Crippen molar-refractivity contribution < 1.29 is 28.6 Å². The first-order valence-corrected chi connectivity index (χ1v) is 12.0. The zero-order valence-corrected chi connectivity index (χ0v) is 19.6. The van der Waals surface area contributed by atoms with Crippen LogP contribution in [0.25, 0.3) is 0 Å². The molecule has 0 saturated carbocycles. The first kappa shape index (κ1) is 23.2. The maximum absolute atomic E-state index is 13.9. The van der Waals surface area contributed by atoms with Gasteiger partial charge < -0.3 is 19.0 Å². The van der Waals surface area contributed by atoms with Crippen molar-refractivity contribution in [1.29, 1.82) is 0 Å². The summed E-state index contributed by atoms with van der Waals surface area (Å²) < 4.78 is 18.6. The van der Waals surface area contributed by atoms with Gasteiger partial charge >= 0.3 is 5.97 Å². The molecule has 4 rings (SSSR count). The van der Waals surface area contributed by atoms with Crippen molar-refractivity contribution in [3.05, 3.63) is 11.6 Å². The number of nitrogens with zero attached hydrogens (tertiary/aromatic N) is 3. The van der Waals surface area contributed by atoms with E-state index in [4.69, 9.17) is 19.0 Å². The Balaban J connectivity index is 1.88. The molecule has 3 aliphatic heterocycles. The van der Waals surface area contributed by atoms with E-state index in [1.807, 2.05) is 33.8 Å². The number of ether oxygens (including phenoxy) is 3. The van der Waals surface area contributed by atoms with E-state index in [9.17, 15) is 9.59 Å². The molecule has 4 aliphatic rings. The van der Waals surface area contributed by atoms with Crippen LogP contribution in [0.1, 0.15) is 59.8 Å². The minimum atomic E-state index is -1.12. The Kier molecular flexibility index (Phi) is 6.61. The smallest absolute Gasteiger partial charge is 0.335 e. The number of hydroxylamine groups is 2. The average molecular weight is 450 g/mol. The van der Waals surface area contributed by atoms with Gasteiger partial charge in [0.1, 0.15) is 17.8 Å². The van der Waals surface area contributed by atoms with Gasteiger partial charge in [-0.1, -0.05) is 27.7 Å². The molecular weight excluding hydrogens is 414 g/mol. The monoisotopic (exact) mass is 449 g/mol. The van der Waals surface area contributed by atoms with Crippen LogP contribution in [-0.4, -0.2) is 84.1 Å². The zero-order chi connectivity index (χ0) is 22.9. The van der Waals surface area contributed by atoms with Crippen LogP contribution in [-0.2, 0) is 28.6 Å². The van der Waals surface area contributed by atoms with Crippen LogP contribution in [0.15, 0.2) is 16.6 Å². The van der Waals surface area contributed by atoms with Gasteiger partial charge in [0, 0.05) is 31.9 Å². The van der Waals surface area contributed by atoms with Crippen molar-refractivity contribution in [3.8, 4) is 0 Å². The SMILES string of the molecule is CCCN=C1N(CCC)C(=O)C2=C[C@@]3(CO3)[C@@H](OCCC)[C@@H](OCCC)[C@@]23CC(=O)ON13. The molecule has 1 aliphatic carbocycles. The molecule has 4 atom stereocenters. The normalized spacial score (nSPS) is 34.6. The van der Waals surface area contributed by atoms with E-state index >= 15 is 0 Å². The van der Waals surface area contributed by atoms with Crippen LogP contribution in [0.2, 0.25) is 0 Å². The predicted molar refractivity (Wildman–Crippen MR) is 117 cm³/mol. The first-order chi connectivity index (χ1) is 15.5. The van der Waals surface area contributed by atoms with Crippen molar-refractivity contribution in [1.82, 2.24) is 9.96 Å². The van der Waals surface area contributed by atoms with E-state index in [1.54, 1.807) is 9.96 Å². The molecule has 3 saturated heterocycles. The van der Waals surface area contributed by atoms with Crippen LogP contribution < -0.4 is 0 Å².